The van der Waals surface area contributed by atoms with Crippen LogP contribution in [-0.4, -0.2) is 36.5 Å². The minimum absolute atomic E-state index is 0. The van der Waals surface area contributed by atoms with Crippen molar-refractivity contribution in [3.05, 3.63) is 42.0 Å². The first kappa shape index (κ1) is 17.4. The van der Waals surface area contributed by atoms with Crippen LogP contribution in [-0.2, 0) is 0 Å². The van der Waals surface area contributed by atoms with E-state index in [2.05, 4.69) is 10.2 Å². The Morgan fingerprint density at radius 1 is 1.13 bits per heavy atom. The average molecular weight is 334 g/mol. The summed E-state index contributed by atoms with van der Waals surface area (Å²) >= 11 is 0. The summed E-state index contributed by atoms with van der Waals surface area (Å²) in [7, 11) is 0. The van der Waals surface area contributed by atoms with E-state index >= 15 is 0 Å². The minimum Gasteiger partial charge on any atom is -0.545 e. The van der Waals surface area contributed by atoms with Crippen LogP contribution in [0.4, 0.5) is 5.69 Å². The fraction of sp³-hybridized carbons (Fsp3) is 0.389. The second-order valence-corrected chi connectivity index (χ2v) is 6.39. The summed E-state index contributed by atoms with van der Waals surface area (Å²) in [5.74, 6) is -0.427. The van der Waals surface area contributed by atoms with Crippen molar-refractivity contribution in [2.24, 2.45) is 5.92 Å². The number of benzene rings is 2. The van der Waals surface area contributed by atoms with Gasteiger partial charge in [0.1, 0.15) is 0 Å². The number of hydrogen-bond donors (Lipinski definition) is 1. The third kappa shape index (κ3) is 3.36. The molecular formula is C18H19KN2O2. The van der Waals surface area contributed by atoms with Gasteiger partial charge in [-0.15, -0.1) is 0 Å². The van der Waals surface area contributed by atoms with Crippen molar-refractivity contribution < 1.29 is 61.3 Å². The Morgan fingerprint density at radius 3 is 2.43 bits per heavy atom. The van der Waals surface area contributed by atoms with Gasteiger partial charge in [0.05, 0.1) is 5.97 Å². The van der Waals surface area contributed by atoms with Crippen molar-refractivity contribution in [2.45, 2.75) is 18.9 Å². The van der Waals surface area contributed by atoms with Gasteiger partial charge in [0.2, 0.25) is 0 Å². The van der Waals surface area contributed by atoms with E-state index in [0.717, 1.165) is 23.0 Å². The summed E-state index contributed by atoms with van der Waals surface area (Å²) in [6.07, 6.45) is 2.46. The number of piperidine rings is 3. The van der Waals surface area contributed by atoms with Crippen molar-refractivity contribution in [3.8, 4) is 0 Å². The third-order valence-electron chi connectivity index (χ3n) is 5.12. The average Bonchev–Trinajstić information content (AvgIpc) is 2.55. The van der Waals surface area contributed by atoms with Crippen molar-refractivity contribution in [2.75, 3.05) is 25.0 Å². The molecule has 23 heavy (non-hydrogen) atoms. The van der Waals surface area contributed by atoms with Gasteiger partial charge in [-0.2, -0.15) is 0 Å². The molecule has 0 radical (unpaired) electrons. The van der Waals surface area contributed by atoms with Crippen molar-refractivity contribution >= 4 is 22.4 Å². The molecule has 0 saturated carbocycles. The number of anilines is 1. The molecule has 0 aliphatic carbocycles. The third-order valence-corrected chi connectivity index (χ3v) is 5.12. The molecule has 3 heterocycles. The van der Waals surface area contributed by atoms with Gasteiger partial charge >= 0.3 is 51.4 Å². The fourth-order valence-electron chi connectivity index (χ4n) is 3.96. The van der Waals surface area contributed by atoms with Crippen LogP contribution < -0.4 is 61.8 Å². The maximum Gasteiger partial charge on any atom is 1.00 e. The Kier molecular flexibility index (Phi) is 5.45. The van der Waals surface area contributed by atoms with E-state index < -0.39 is 5.97 Å². The zero-order valence-electron chi connectivity index (χ0n) is 13.4. The van der Waals surface area contributed by atoms with Gasteiger partial charge < -0.3 is 20.1 Å². The van der Waals surface area contributed by atoms with Crippen LogP contribution in [0.5, 0.6) is 0 Å². The molecule has 0 unspecified atom stereocenters. The first-order chi connectivity index (χ1) is 10.7. The van der Waals surface area contributed by atoms with Crippen LogP contribution in [0, 0.1) is 5.92 Å². The maximum absolute atomic E-state index is 11.4. The molecule has 114 valence electrons. The molecule has 5 rings (SSSR count). The molecule has 0 aromatic heterocycles. The van der Waals surface area contributed by atoms with Gasteiger partial charge in [-0.3, -0.25) is 0 Å². The topological polar surface area (TPSA) is 55.4 Å². The predicted octanol–water partition coefficient (Wildman–Crippen LogP) is -1.29. The second-order valence-electron chi connectivity index (χ2n) is 6.39. The van der Waals surface area contributed by atoms with Crippen molar-refractivity contribution in [3.63, 3.8) is 0 Å². The van der Waals surface area contributed by atoms with Crippen LogP contribution in [0.1, 0.15) is 23.2 Å². The van der Waals surface area contributed by atoms with Gasteiger partial charge in [0.15, 0.2) is 0 Å². The molecule has 3 fully saturated rings. The van der Waals surface area contributed by atoms with Crippen LogP contribution in [0.2, 0.25) is 0 Å². The molecule has 3 saturated heterocycles. The van der Waals surface area contributed by atoms with Crippen LogP contribution in [0.15, 0.2) is 36.4 Å². The predicted molar refractivity (Wildman–Crippen MR) is 84.9 cm³/mol. The first-order valence-corrected chi connectivity index (χ1v) is 7.94. The summed E-state index contributed by atoms with van der Waals surface area (Å²) < 4.78 is 0. The summed E-state index contributed by atoms with van der Waals surface area (Å²) in [5, 5.41) is 16.8. The van der Waals surface area contributed by atoms with E-state index in [9.17, 15) is 9.90 Å². The Morgan fingerprint density at radius 2 is 1.83 bits per heavy atom. The van der Waals surface area contributed by atoms with Gasteiger partial charge in [-0.05, 0) is 43.3 Å². The van der Waals surface area contributed by atoms with Crippen LogP contribution in [0.3, 0.4) is 0 Å². The Labute approximate surface area is 178 Å². The fourth-order valence-corrected chi connectivity index (χ4v) is 3.96. The standard InChI is InChI=1S/C18H20N2O2.K/c21-18(22)14-5-1-3-13-4-2-6-15(17(13)14)19-16-11-20-9-7-12(16)8-10-20;/h1-6,12,16,19H,7-11H2,(H,21,22);/q;+1/p-1/t16-;/m1./s1. The van der Waals surface area contributed by atoms with Gasteiger partial charge in [-0.25, -0.2) is 0 Å². The Bertz CT molecular complexity index is 721. The van der Waals surface area contributed by atoms with Gasteiger partial charge in [-0.1, -0.05) is 30.3 Å². The molecule has 0 amide bonds. The number of nitrogens with zero attached hydrogens (tertiary/aromatic N) is 1. The van der Waals surface area contributed by atoms with E-state index in [0.29, 0.717) is 12.0 Å². The zero-order chi connectivity index (χ0) is 15.1. The number of rotatable bonds is 3. The second kappa shape index (κ2) is 7.21. The first-order valence-electron chi connectivity index (χ1n) is 7.94. The smallest absolute Gasteiger partial charge is 0.545 e. The normalized spacial score (nSPS) is 25.8. The zero-order valence-corrected chi connectivity index (χ0v) is 16.5. The molecule has 1 atom stereocenters. The minimum atomic E-state index is -1.12. The molecule has 1 N–H and O–H groups in total. The molecule has 2 bridgehead atoms. The number of carbonyl (C=O) groups is 1. The summed E-state index contributed by atoms with van der Waals surface area (Å²) in [6, 6.07) is 11.7. The molecular weight excluding hydrogens is 315 g/mol. The Hall–Kier alpha value is -0.434. The summed E-state index contributed by atoms with van der Waals surface area (Å²) in [6.45, 7) is 3.44. The number of carbonyl (C=O) groups excluding carboxylic acids is 1. The van der Waals surface area contributed by atoms with E-state index in [1.807, 2.05) is 24.3 Å². The maximum atomic E-state index is 11.4. The molecule has 3 aliphatic heterocycles. The van der Waals surface area contributed by atoms with E-state index in [1.165, 1.54) is 25.9 Å². The number of aromatic carboxylic acids is 1. The summed E-state index contributed by atoms with van der Waals surface area (Å²) in [4.78, 5) is 13.9. The van der Waals surface area contributed by atoms with E-state index in [4.69, 9.17) is 0 Å². The molecule has 3 aliphatic rings. The largest absolute Gasteiger partial charge is 1.00 e. The quantitative estimate of drug-likeness (QED) is 0.710. The van der Waals surface area contributed by atoms with Crippen LogP contribution in [0.25, 0.3) is 10.8 Å². The number of hydrogen-bond acceptors (Lipinski definition) is 4. The molecule has 2 aromatic rings. The van der Waals surface area contributed by atoms with E-state index in [-0.39, 0.29) is 56.9 Å². The van der Waals surface area contributed by atoms with Crippen molar-refractivity contribution in [1.82, 2.24) is 4.90 Å². The van der Waals surface area contributed by atoms with Gasteiger partial charge in [0, 0.05) is 29.2 Å². The van der Waals surface area contributed by atoms with Gasteiger partial charge in [0.25, 0.3) is 0 Å². The Balaban J connectivity index is 0.00000156. The van der Waals surface area contributed by atoms with Crippen molar-refractivity contribution in [1.29, 1.82) is 0 Å². The number of carboxylic acid groups (broad SMARTS) is 1. The number of fused-ring (bicyclic) bond motifs is 4. The summed E-state index contributed by atoms with van der Waals surface area (Å²) in [5.41, 5.74) is 1.18. The number of nitrogens with one attached hydrogen (secondary N) is 1. The SMILES string of the molecule is O=C([O-])c1cccc2cccc(N[C@@H]3CN4CCC3CC4)c12.[K+]. The molecule has 5 heteroatoms. The molecule has 2 aromatic carbocycles. The monoisotopic (exact) mass is 334 g/mol. The molecule has 4 nitrogen and oxygen atoms in total. The molecule has 0 spiro atoms. The number of carboxylic acids is 1. The van der Waals surface area contributed by atoms with Crippen LogP contribution >= 0.6 is 0 Å². The van der Waals surface area contributed by atoms with E-state index in [1.54, 1.807) is 12.1 Å².